The third-order valence-corrected chi connectivity index (χ3v) is 6.10. The maximum atomic E-state index is 13.0. The first-order chi connectivity index (χ1) is 15.7. The quantitative estimate of drug-likeness (QED) is 0.473. The second kappa shape index (κ2) is 10.9. The van der Waals surface area contributed by atoms with Crippen molar-refractivity contribution in [3.63, 3.8) is 0 Å². The molecule has 0 bridgehead atoms. The lowest BCUT2D eigenvalue weighted by molar-refractivity contribution is 0.0951. The van der Waals surface area contributed by atoms with Crippen LogP contribution in [0.3, 0.4) is 0 Å². The highest BCUT2D eigenvalue weighted by molar-refractivity contribution is 7.92. The Hall–Kier alpha value is -3.43. The monoisotopic (exact) mass is 471 g/mol. The van der Waals surface area contributed by atoms with Crippen molar-refractivity contribution in [2.24, 2.45) is 0 Å². The molecule has 7 nitrogen and oxygen atoms in total. The zero-order valence-corrected chi connectivity index (χ0v) is 19.2. The van der Waals surface area contributed by atoms with Gasteiger partial charge in [-0.3, -0.25) is 9.52 Å². The second-order valence-electron chi connectivity index (χ2n) is 7.62. The van der Waals surface area contributed by atoms with Crippen LogP contribution in [-0.4, -0.2) is 46.5 Å². The largest absolute Gasteiger partial charge is 0.492 e. The molecule has 0 unspecified atom stereocenters. The number of rotatable bonds is 10. The third kappa shape index (κ3) is 7.30. The maximum absolute atomic E-state index is 13.0. The van der Waals surface area contributed by atoms with Crippen LogP contribution in [0.1, 0.15) is 15.9 Å². The van der Waals surface area contributed by atoms with Crippen molar-refractivity contribution in [2.75, 3.05) is 32.0 Å². The van der Waals surface area contributed by atoms with Crippen molar-refractivity contribution >= 4 is 21.6 Å². The number of anilines is 1. The van der Waals surface area contributed by atoms with Gasteiger partial charge in [0.1, 0.15) is 18.2 Å². The average molecular weight is 472 g/mol. The average Bonchev–Trinajstić information content (AvgIpc) is 2.79. The fourth-order valence-electron chi connectivity index (χ4n) is 2.85. The van der Waals surface area contributed by atoms with Gasteiger partial charge in [0, 0.05) is 24.3 Å². The number of carbonyl (C=O) groups excluding carboxylic acids is 1. The van der Waals surface area contributed by atoms with Crippen LogP contribution < -0.4 is 14.8 Å². The van der Waals surface area contributed by atoms with Crippen LogP contribution in [-0.2, 0) is 16.6 Å². The molecule has 0 aliphatic rings. The van der Waals surface area contributed by atoms with Gasteiger partial charge in [0.2, 0.25) is 0 Å². The normalized spacial score (nSPS) is 11.3. The number of nitrogens with zero attached hydrogens (tertiary/aromatic N) is 1. The highest BCUT2D eigenvalue weighted by Gasteiger charge is 2.15. The number of halogens is 1. The SMILES string of the molecule is CN(C)CCOc1ccc(CNC(=O)c2ccc(S(=O)(=O)Nc3ccc(F)cc3)cc2)cc1. The van der Waals surface area contributed by atoms with E-state index in [1.807, 2.05) is 43.3 Å². The Balaban J connectivity index is 1.54. The molecule has 33 heavy (non-hydrogen) atoms. The topological polar surface area (TPSA) is 87.7 Å². The minimum atomic E-state index is -3.86. The van der Waals surface area contributed by atoms with Crippen LogP contribution in [0.4, 0.5) is 10.1 Å². The molecule has 0 aromatic heterocycles. The van der Waals surface area contributed by atoms with E-state index in [0.717, 1.165) is 30.0 Å². The summed E-state index contributed by atoms with van der Waals surface area (Å²) < 4.78 is 46.0. The van der Waals surface area contributed by atoms with E-state index in [1.54, 1.807) is 0 Å². The van der Waals surface area contributed by atoms with E-state index in [0.29, 0.717) is 18.7 Å². The third-order valence-electron chi connectivity index (χ3n) is 4.71. The van der Waals surface area contributed by atoms with Gasteiger partial charge in [0.15, 0.2) is 0 Å². The molecular formula is C24H26FN3O4S. The van der Waals surface area contributed by atoms with Gasteiger partial charge in [-0.05, 0) is 80.3 Å². The summed E-state index contributed by atoms with van der Waals surface area (Å²) in [6.07, 6.45) is 0. The molecule has 0 spiro atoms. The van der Waals surface area contributed by atoms with Crippen LogP contribution in [0.15, 0.2) is 77.7 Å². The van der Waals surface area contributed by atoms with E-state index in [4.69, 9.17) is 4.74 Å². The van der Waals surface area contributed by atoms with Gasteiger partial charge < -0.3 is 15.0 Å². The molecule has 3 aromatic carbocycles. The molecule has 0 aliphatic carbocycles. The van der Waals surface area contributed by atoms with Gasteiger partial charge in [0.05, 0.1) is 4.90 Å². The molecule has 0 saturated carbocycles. The standard InChI is InChI=1S/C24H26FN3O4S/c1-28(2)15-16-32-22-11-3-18(4-12-22)17-26-24(29)19-5-13-23(14-6-19)33(30,31)27-21-9-7-20(25)8-10-21/h3-14,27H,15-17H2,1-2H3,(H,26,29). The summed E-state index contributed by atoms with van der Waals surface area (Å²) >= 11 is 0. The Morgan fingerprint density at radius 3 is 2.18 bits per heavy atom. The summed E-state index contributed by atoms with van der Waals surface area (Å²) in [5, 5.41) is 2.81. The van der Waals surface area contributed by atoms with Crippen molar-refractivity contribution in [1.82, 2.24) is 10.2 Å². The first kappa shape index (κ1) is 24.2. The van der Waals surface area contributed by atoms with Gasteiger partial charge >= 0.3 is 0 Å². The van der Waals surface area contributed by atoms with Crippen molar-refractivity contribution in [2.45, 2.75) is 11.4 Å². The lowest BCUT2D eigenvalue weighted by Crippen LogP contribution is -2.23. The molecular weight excluding hydrogens is 445 g/mol. The summed E-state index contributed by atoms with van der Waals surface area (Å²) in [5.74, 6) is -0.0210. The number of amides is 1. The Morgan fingerprint density at radius 1 is 0.939 bits per heavy atom. The summed E-state index contributed by atoms with van der Waals surface area (Å²) in [6, 6.07) is 18.0. The lowest BCUT2D eigenvalue weighted by atomic mass is 10.2. The predicted octanol–water partition coefficient (Wildman–Crippen LogP) is 3.50. The number of hydrogen-bond donors (Lipinski definition) is 2. The molecule has 9 heteroatoms. The van der Waals surface area contributed by atoms with Crippen LogP contribution in [0.25, 0.3) is 0 Å². The highest BCUT2D eigenvalue weighted by Crippen LogP contribution is 2.17. The number of ether oxygens (including phenoxy) is 1. The Labute approximate surface area is 193 Å². The van der Waals surface area contributed by atoms with E-state index >= 15 is 0 Å². The van der Waals surface area contributed by atoms with Gasteiger partial charge in [-0.1, -0.05) is 12.1 Å². The summed E-state index contributed by atoms with van der Waals surface area (Å²) in [6.45, 7) is 1.73. The Morgan fingerprint density at radius 2 is 1.58 bits per heavy atom. The van der Waals surface area contributed by atoms with Crippen LogP contribution >= 0.6 is 0 Å². The summed E-state index contributed by atoms with van der Waals surface area (Å²) in [4.78, 5) is 14.5. The zero-order chi connectivity index (χ0) is 23.8. The minimum Gasteiger partial charge on any atom is -0.492 e. The van der Waals surface area contributed by atoms with Crippen molar-refractivity contribution in [3.05, 3.63) is 89.7 Å². The molecule has 3 rings (SSSR count). The fourth-order valence-corrected chi connectivity index (χ4v) is 3.91. The number of hydrogen-bond acceptors (Lipinski definition) is 5. The zero-order valence-electron chi connectivity index (χ0n) is 18.4. The predicted molar refractivity (Wildman–Crippen MR) is 125 cm³/mol. The van der Waals surface area contributed by atoms with E-state index in [2.05, 4.69) is 10.0 Å². The van der Waals surface area contributed by atoms with Crippen LogP contribution in [0.2, 0.25) is 0 Å². The van der Waals surface area contributed by atoms with Crippen molar-refractivity contribution in [3.8, 4) is 5.75 Å². The highest BCUT2D eigenvalue weighted by atomic mass is 32.2. The van der Waals surface area contributed by atoms with E-state index in [9.17, 15) is 17.6 Å². The van der Waals surface area contributed by atoms with E-state index in [1.165, 1.54) is 36.4 Å². The lowest BCUT2D eigenvalue weighted by Gasteiger charge is -2.11. The smallest absolute Gasteiger partial charge is 0.261 e. The Kier molecular flexibility index (Phi) is 8.02. The van der Waals surface area contributed by atoms with Gasteiger partial charge in [-0.15, -0.1) is 0 Å². The number of likely N-dealkylation sites (N-methyl/N-ethyl adjacent to an activating group) is 1. The molecule has 174 valence electrons. The van der Waals surface area contributed by atoms with E-state index in [-0.39, 0.29) is 16.5 Å². The molecule has 3 aromatic rings. The number of nitrogens with one attached hydrogen (secondary N) is 2. The Bertz CT molecular complexity index is 1160. The van der Waals surface area contributed by atoms with Crippen molar-refractivity contribution in [1.29, 1.82) is 0 Å². The molecule has 0 heterocycles. The maximum Gasteiger partial charge on any atom is 0.261 e. The molecule has 0 radical (unpaired) electrons. The summed E-state index contributed by atoms with van der Waals surface area (Å²) in [7, 11) is 0.0990. The van der Waals surface area contributed by atoms with Gasteiger partial charge in [-0.25, -0.2) is 12.8 Å². The number of carbonyl (C=O) groups is 1. The van der Waals surface area contributed by atoms with E-state index < -0.39 is 15.8 Å². The molecule has 0 fully saturated rings. The number of sulfonamides is 1. The summed E-state index contributed by atoms with van der Waals surface area (Å²) in [5.41, 5.74) is 1.48. The second-order valence-corrected chi connectivity index (χ2v) is 9.30. The first-order valence-electron chi connectivity index (χ1n) is 10.3. The molecule has 2 N–H and O–H groups in total. The fraction of sp³-hybridized carbons (Fsp3) is 0.208. The van der Waals surface area contributed by atoms with Crippen LogP contribution in [0, 0.1) is 5.82 Å². The minimum absolute atomic E-state index is 0.00627. The van der Waals surface area contributed by atoms with Gasteiger partial charge in [0.25, 0.3) is 15.9 Å². The van der Waals surface area contributed by atoms with Gasteiger partial charge in [-0.2, -0.15) is 0 Å². The molecule has 0 saturated heterocycles. The number of benzene rings is 3. The first-order valence-corrected chi connectivity index (χ1v) is 11.7. The van der Waals surface area contributed by atoms with Crippen molar-refractivity contribution < 1.29 is 22.3 Å². The molecule has 0 aliphatic heterocycles. The molecule has 1 amide bonds. The molecule has 0 atom stereocenters. The van der Waals surface area contributed by atoms with Crippen LogP contribution in [0.5, 0.6) is 5.75 Å².